The molecule has 0 radical (unpaired) electrons. The molecule has 24 heavy (non-hydrogen) atoms. The number of H-pyrrole nitrogens is 1. The molecule has 0 amide bonds. The Morgan fingerprint density at radius 3 is 2.92 bits per heavy atom. The molecule has 4 nitrogen and oxygen atoms in total. The maximum Gasteiger partial charge on any atom is 0.140 e. The topological polar surface area (TPSA) is 41.1 Å². The van der Waals surface area contributed by atoms with E-state index < -0.39 is 6.17 Å². The van der Waals surface area contributed by atoms with Gasteiger partial charge in [-0.25, -0.2) is 9.37 Å². The van der Waals surface area contributed by atoms with Gasteiger partial charge in [0, 0.05) is 19.1 Å². The molecule has 1 saturated carbocycles. The van der Waals surface area contributed by atoms with E-state index in [0.717, 1.165) is 16.9 Å². The highest BCUT2D eigenvalue weighted by atomic mass is 19.1. The van der Waals surface area contributed by atoms with Crippen LogP contribution in [0.3, 0.4) is 0 Å². The second-order valence-corrected chi connectivity index (χ2v) is 7.32. The molecule has 4 rings (SSSR count). The minimum atomic E-state index is -0.890. The van der Waals surface area contributed by atoms with Gasteiger partial charge < -0.3 is 9.72 Å². The number of aromatic amines is 1. The van der Waals surface area contributed by atoms with Crippen molar-refractivity contribution in [3.8, 4) is 0 Å². The molecule has 0 bridgehead atoms. The van der Waals surface area contributed by atoms with Crippen LogP contribution in [0.25, 0.3) is 11.0 Å². The number of nitrogens with zero attached hydrogens (tertiary/aromatic N) is 2. The van der Waals surface area contributed by atoms with E-state index in [-0.39, 0.29) is 6.10 Å². The van der Waals surface area contributed by atoms with Gasteiger partial charge in [-0.15, -0.1) is 0 Å². The first-order chi connectivity index (χ1) is 11.7. The Hall–Kier alpha value is -1.46. The number of hydrogen-bond acceptors (Lipinski definition) is 3. The van der Waals surface area contributed by atoms with Gasteiger partial charge in [0.05, 0.1) is 11.0 Å². The highest BCUT2D eigenvalue weighted by molar-refractivity contribution is 5.75. The third kappa shape index (κ3) is 3.33. The second kappa shape index (κ2) is 6.81. The zero-order valence-electron chi connectivity index (χ0n) is 14.3. The third-order valence-electron chi connectivity index (χ3n) is 5.44. The van der Waals surface area contributed by atoms with Gasteiger partial charge in [-0.05, 0) is 37.5 Å². The molecule has 5 heteroatoms. The van der Waals surface area contributed by atoms with Gasteiger partial charge in [0.1, 0.15) is 24.7 Å². The average molecular weight is 331 g/mol. The van der Waals surface area contributed by atoms with Gasteiger partial charge in [0.25, 0.3) is 0 Å². The summed E-state index contributed by atoms with van der Waals surface area (Å²) in [6.45, 7) is 3.64. The summed E-state index contributed by atoms with van der Waals surface area (Å²) in [6.07, 6.45) is 5.09. The Morgan fingerprint density at radius 1 is 1.25 bits per heavy atom. The van der Waals surface area contributed by atoms with E-state index >= 15 is 0 Å². The first-order valence-corrected chi connectivity index (χ1v) is 9.14. The van der Waals surface area contributed by atoms with Crippen LogP contribution in [0, 0.1) is 6.92 Å². The normalized spacial score (nSPS) is 26.4. The largest absolute Gasteiger partial charge is 0.366 e. The summed E-state index contributed by atoms with van der Waals surface area (Å²) in [5.74, 6) is 0.777. The lowest BCUT2D eigenvalue weighted by Crippen LogP contribution is -2.35. The second-order valence-electron chi connectivity index (χ2n) is 7.32. The van der Waals surface area contributed by atoms with E-state index in [0.29, 0.717) is 25.7 Å². The lowest BCUT2D eigenvalue weighted by Gasteiger charge is -2.30. The number of rotatable bonds is 4. The van der Waals surface area contributed by atoms with Crippen molar-refractivity contribution in [3.05, 3.63) is 29.6 Å². The fourth-order valence-corrected chi connectivity index (χ4v) is 4.09. The number of ether oxygens (including phenoxy) is 1. The van der Waals surface area contributed by atoms with Gasteiger partial charge in [0.2, 0.25) is 0 Å². The lowest BCUT2D eigenvalue weighted by molar-refractivity contribution is 0.00726. The SMILES string of the molecule is Cc1ccc2nc(CO[C@H]3CN(C4CCCCC4)C[C@H]3F)[nH]c2c1. The summed E-state index contributed by atoms with van der Waals surface area (Å²) in [4.78, 5) is 10.1. The van der Waals surface area contributed by atoms with Crippen LogP contribution in [-0.4, -0.2) is 46.3 Å². The monoisotopic (exact) mass is 331 g/mol. The minimum Gasteiger partial charge on any atom is -0.366 e. The van der Waals surface area contributed by atoms with Crippen LogP contribution in [0.1, 0.15) is 43.5 Å². The number of likely N-dealkylation sites (tertiary alicyclic amines) is 1. The van der Waals surface area contributed by atoms with Crippen LogP contribution in [0.5, 0.6) is 0 Å². The molecule has 1 aliphatic carbocycles. The van der Waals surface area contributed by atoms with E-state index in [1.54, 1.807) is 0 Å². The number of imidazole rings is 1. The zero-order chi connectivity index (χ0) is 16.5. The standard InChI is InChI=1S/C19H26FN3O/c1-13-7-8-16-17(9-13)22-19(21-16)12-24-18-11-23(10-15(18)20)14-5-3-2-4-6-14/h7-9,14-15,18H,2-6,10-12H2,1H3,(H,21,22)/t15-,18+/m1/s1. The van der Waals surface area contributed by atoms with Crippen LogP contribution < -0.4 is 0 Å². The van der Waals surface area contributed by atoms with Crippen molar-refractivity contribution in [2.45, 2.75) is 64.0 Å². The van der Waals surface area contributed by atoms with Crippen LogP contribution >= 0.6 is 0 Å². The first-order valence-electron chi connectivity index (χ1n) is 9.14. The Labute approximate surface area is 142 Å². The van der Waals surface area contributed by atoms with Crippen molar-refractivity contribution < 1.29 is 9.13 Å². The summed E-state index contributed by atoms with van der Waals surface area (Å²) in [5.41, 5.74) is 3.15. The molecule has 130 valence electrons. The van der Waals surface area contributed by atoms with Gasteiger partial charge in [-0.2, -0.15) is 0 Å². The molecular formula is C19H26FN3O. The molecule has 1 N–H and O–H groups in total. The molecule has 2 fully saturated rings. The van der Waals surface area contributed by atoms with Crippen LogP contribution in [0.2, 0.25) is 0 Å². The Bertz CT molecular complexity index is 695. The van der Waals surface area contributed by atoms with E-state index in [4.69, 9.17) is 4.74 Å². The van der Waals surface area contributed by atoms with Gasteiger partial charge in [-0.3, -0.25) is 4.90 Å². The minimum absolute atomic E-state index is 0.332. The molecule has 1 aliphatic heterocycles. The van der Waals surface area contributed by atoms with E-state index in [1.165, 1.54) is 37.7 Å². The van der Waals surface area contributed by atoms with Crippen molar-refractivity contribution in [2.24, 2.45) is 0 Å². The highest BCUT2D eigenvalue weighted by Crippen LogP contribution is 2.28. The van der Waals surface area contributed by atoms with Crippen LogP contribution in [0.4, 0.5) is 4.39 Å². The van der Waals surface area contributed by atoms with E-state index in [1.807, 2.05) is 12.1 Å². The third-order valence-corrected chi connectivity index (χ3v) is 5.44. The number of aromatic nitrogens is 2. The fourth-order valence-electron chi connectivity index (χ4n) is 4.09. The summed E-state index contributed by atoms with van der Waals surface area (Å²) in [5, 5.41) is 0. The van der Waals surface area contributed by atoms with Crippen LogP contribution in [-0.2, 0) is 11.3 Å². The van der Waals surface area contributed by atoms with Crippen LogP contribution in [0.15, 0.2) is 18.2 Å². The molecule has 2 atom stereocenters. The van der Waals surface area contributed by atoms with Crippen molar-refractivity contribution in [3.63, 3.8) is 0 Å². The van der Waals surface area contributed by atoms with Crippen molar-refractivity contribution in [1.82, 2.24) is 14.9 Å². The average Bonchev–Trinajstić information content (AvgIpc) is 3.16. The molecule has 1 aromatic carbocycles. The molecule has 1 aromatic heterocycles. The predicted molar refractivity (Wildman–Crippen MR) is 92.7 cm³/mol. The maximum absolute atomic E-state index is 14.4. The van der Waals surface area contributed by atoms with Gasteiger partial charge in [-0.1, -0.05) is 25.3 Å². The summed E-state index contributed by atoms with van der Waals surface area (Å²) >= 11 is 0. The van der Waals surface area contributed by atoms with Crippen molar-refractivity contribution in [2.75, 3.05) is 13.1 Å². The summed E-state index contributed by atoms with van der Waals surface area (Å²) < 4.78 is 20.2. The van der Waals surface area contributed by atoms with Gasteiger partial charge in [0.15, 0.2) is 0 Å². The summed E-state index contributed by atoms with van der Waals surface area (Å²) in [7, 11) is 0. The Morgan fingerprint density at radius 2 is 2.08 bits per heavy atom. The highest BCUT2D eigenvalue weighted by Gasteiger charge is 2.37. The number of alkyl halides is 1. The number of benzene rings is 1. The zero-order valence-corrected chi connectivity index (χ0v) is 14.3. The Kier molecular flexibility index (Phi) is 4.55. The number of hydrogen-bond donors (Lipinski definition) is 1. The molecule has 0 spiro atoms. The fraction of sp³-hybridized carbons (Fsp3) is 0.632. The molecular weight excluding hydrogens is 305 g/mol. The maximum atomic E-state index is 14.4. The summed E-state index contributed by atoms with van der Waals surface area (Å²) in [6, 6.07) is 6.68. The quantitative estimate of drug-likeness (QED) is 0.928. The van der Waals surface area contributed by atoms with E-state index in [2.05, 4.69) is 27.9 Å². The molecule has 2 aromatic rings. The van der Waals surface area contributed by atoms with Crippen molar-refractivity contribution in [1.29, 1.82) is 0 Å². The molecule has 2 heterocycles. The molecule has 1 saturated heterocycles. The Balaban J connectivity index is 1.36. The number of halogens is 1. The smallest absolute Gasteiger partial charge is 0.140 e. The van der Waals surface area contributed by atoms with E-state index in [9.17, 15) is 4.39 Å². The predicted octanol–water partition coefficient (Wildman–Crippen LogP) is 3.74. The lowest BCUT2D eigenvalue weighted by atomic mass is 9.94. The molecule has 2 aliphatic rings. The first kappa shape index (κ1) is 16.0. The van der Waals surface area contributed by atoms with Crippen molar-refractivity contribution >= 4 is 11.0 Å². The number of fused-ring (bicyclic) bond motifs is 1. The molecule has 0 unspecified atom stereocenters. The number of nitrogens with one attached hydrogen (secondary N) is 1. The number of aryl methyl sites for hydroxylation is 1. The van der Waals surface area contributed by atoms with Gasteiger partial charge >= 0.3 is 0 Å².